The first-order chi connectivity index (χ1) is 8.66. The van der Waals surface area contributed by atoms with Crippen molar-refractivity contribution >= 4 is 11.3 Å². The van der Waals surface area contributed by atoms with Crippen LogP contribution in [0, 0.1) is 12.8 Å². The molecule has 3 nitrogen and oxygen atoms in total. The Balaban J connectivity index is 1.68. The van der Waals surface area contributed by atoms with Gasteiger partial charge in [-0.05, 0) is 45.7 Å². The van der Waals surface area contributed by atoms with Gasteiger partial charge in [-0.2, -0.15) is 0 Å². The quantitative estimate of drug-likeness (QED) is 0.889. The average molecular weight is 267 g/mol. The molecule has 2 heterocycles. The molecule has 0 spiro atoms. The second kappa shape index (κ2) is 6.64. The summed E-state index contributed by atoms with van der Waals surface area (Å²) in [7, 11) is 0. The number of thiazole rings is 1. The molecule has 0 radical (unpaired) electrons. The molecule has 18 heavy (non-hydrogen) atoms. The molecule has 102 valence electrons. The van der Waals surface area contributed by atoms with Gasteiger partial charge in [0, 0.05) is 24.0 Å². The third kappa shape index (κ3) is 3.77. The summed E-state index contributed by atoms with van der Waals surface area (Å²) in [6, 6.07) is 0.432. The topological polar surface area (TPSA) is 28.2 Å². The van der Waals surface area contributed by atoms with E-state index in [1.807, 2.05) is 5.51 Å². The first kappa shape index (κ1) is 14.0. The Labute approximate surface area is 115 Å². The molecule has 0 aliphatic carbocycles. The molecule has 0 bridgehead atoms. The Morgan fingerprint density at radius 3 is 2.83 bits per heavy atom. The predicted octanol–water partition coefficient (Wildman–Crippen LogP) is 2.83. The van der Waals surface area contributed by atoms with E-state index in [0.717, 1.165) is 12.5 Å². The first-order valence-electron chi connectivity index (χ1n) is 7.02. The van der Waals surface area contributed by atoms with E-state index in [0.29, 0.717) is 6.04 Å². The van der Waals surface area contributed by atoms with Crippen molar-refractivity contribution in [3.05, 3.63) is 16.1 Å². The third-order valence-corrected chi connectivity index (χ3v) is 5.04. The lowest BCUT2D eigenvalue weighted by atomic mass is 9.99. The molecule has 1 aliphatic heterocycles. The Hall–Kier alpha value is -0.450. The lowest BCUT2D eigenvalue weighted by Crippen LogP contribution is -2.38. The van der Waals surface area contributed by atoms with E-state index in [2.05, 4.69) is 36.0 Å². The van der Waals surface area contributed by atoms with E-state index in [1.165, 1.54) is 43.0 Å². The number of likely N-dealkylation sites (tertiary alicyclic amines) is 1. The highest BCUT2D eigenvalue weighted by atomic mass is 32.1. The van der Waals surface area contributed by atoms with Gasteiger partial charge in [0.25, 0.3) is 0 Å². The predicted molar refractivity (Wildman–Crippen MR) is 78.1 cm³/mol. The van der Waals surface area contributed by atoms with Crippen LogP contribution in [0.5, 0.6) is 0 Å². The molecule has 1 saturated heterocycles. The third-order valence-electron chi connectivity index (χ3n) is 3.93. The fraction of sp³-hybridized carbons (Fsp3) is 0.786. The molecular formula is C14H25N3S. The van der Waals surface area contributed by atoms with Crippen molar-refractivity contribution in [2.24, 2.45) is 5.92 Å². The number of hydrogen-bond acceptors (Lipinski definition) is 4. The fourth-order valence-corrected chi connectivity index (χ4v) is 3.38. The van der Waals surface area contributed by atoms with Gasteiger partial charge in [0.2, 0.25) is 0 Å². The van der Waals surface area contributed by atoms with Gasteiger partial charge in [-0.15, -0.1) is 11.3 Å². The van der Waals surface area contributed by atoms with Crippen molar-refractivity contribution < 1.29 is 0 Å². The van der Waals surface area contributed by atoms with Crippen molar-refractivity contribution in [2.75, 3.05) is 26.2 Å². The van der Waals surface area contributed by atoms with Gasteiger partial charge in [-0.3, -0.25) is 0 Å². The molecule has 0 saturated carbocycles. The highest BCUT2D eigenvalue weighted by molar-refractivity contribution is 7.09. The maximum atomic E-state index is 4.31. The molecule has 1 fully saturated rings. The van der Waals surface area contributed by atoms with Crippen LogP contribution in [0.15, 0.2) is 5.51 Å². The van der Waals surface area contributed by atoms with Crippen molar-refractivity contribution in [3.8, 4) is 0 Å². The molecule has 1 aliphatic rings. The zero-order chi connectivity index (χ0) is 13.0. The molecular weight excluding hydrogens is 242 g/mol. The van der Waals surface area contributed by atoms with Crippen LogP contribution in [0.4, 0.5) is 0 Å². The monoisotopic (exact) mass is 267 g/mol. The number of nitrogens with zero attached hydrogens (tertiary/aromatic N) is 2. The van der Waals surface area contributed by atoms with Crippen LogP contribution in [0.25, 0.3) is 0 Å². The van der Waals surface area contributed by atoms with Gasteiger partial charge in [0.1, 0.15) is 0 Å². The zero-order valence-corrected chi connectivity index (χ0v) is 12.6. The highest BCUT2D eigenvalue weighted by Gasteiger charge is 2.16. The molecule has 1 aromatic rings. The SMILES string of the molecule is Cc1ncsc1C(C)NCCN1CCC(C)CC1. The van der Waals surface area contributed by atoms with Crippen molar-refractivity contribution in [3.63, 3.8) is 0 Å². The summed E-state index contributed by atoms with van der Waals surface area (Å²) < 4.78 is 0. The van der Waals surface area contributed by atoms with Crippen LogP contribution in [-0.2, 0) is 0 Å². The minimum Gasteiger partial charge on any atom is -0.308 e. The van der Waals surface area contributed by atoms with E-state index in [-0.39, 0.29) is 0 Å². The van der Waals surface area contributed by atoms with E-state index >= 15 is 0 Å². The Morgan fingerprint density at radius 2 is 2.22 bits per heavy atom. The zero-order valence-electron chi connectivity index (χ0n) is 11.8. The molecule has 1 unspecified atom stereocenters. The summed E-state index contributed by atoms with van der Waals surface area (Å²) in [6.07, 6.45) is 2.73. The van der Waals surface area contributed by atoms with E-state index in [9.17, 15) is 0 Å². The van der Waals surface area contributed by atoms with Crippen LogP contribution in [0.3, 0.4) is 0 Å². The lowest BCUT2D eigenvalue weighted by Gasteiger charge is -2.30. The van der Waals surface area contributed by atoms with E-state index < -0.39 is 0 Å². The number of piperidine rings is 1. The summed E-state index contributed by atoms with van der Waals surface area (Å²) in [5, 5.41) is 3.61. The molecule has 0 amide bonds. The molecule has 0 aromatic carbocycles. The second-order valence-corrected chi connectivity index (χ2v) is 6.39. The highest BCUT2D eigenvalue weighted by Crippen LogP contribution is 2.21. The van der Waals surface area contributed by atoms with Gasteiger partial charge in [0.05, 0.1) is 11.2 Å². The maximum Gasteiger partial charge on any atom is 0.0798 e. The fourth-order valence-electron chi connectivity index (χ4n) is 2.54. The van der Waals surface area contributed by atoms with E-state index in [1.54, 1.807) is 11.3 Å². The van der Waals surface area contributed by atoms with Gasteiger partial charge in [-0.25, -0.2) is 4.98 Å². The van der Waals surface area contributed by atoms with Crippen LogP contribution in [0.1, 0.15) is 43.3 Å². The molecule has 1 atom stereocenters. The number of rotatable bonds is 5. The van der Waals surface area contributed by atoms with Crippen molar-refractivity contribution in [1.29, 1.82) is 0 Å². The van der Waals surface area contributed by atoms with Gasteiger partial charge in [-0.1, -0.05) is 6.92 Å². The second-order valence-electron chi connectivity index (χ2n) is 5.50. The first-order valence-corrected chi connectivity index (χ1v) is 7.90. The Bertz CT molecular complexity index is 356. The summed E-state index contributed by atoms with van der Waals surface area (Å²) in [4.78, 5) is 8.27. The van der Waals surface area contributed by atoms with Crippen LogP contribution in [-0.4, -0.2) is 36.1 Å². The summed E-state index contributed by atoms with van der Waals surface area (Å²) in [5.41, 5.74) is 3.11. The Morgan fingerprint density at radius 1 is 1.50 bits per heavy atom. The summed E-state index contributed by atoms with van der Waals surface area (Å²) in [6.45, 7) is 11.5. The normalized spacial score (nSPS) is 20.2. The molecule has 4 heteroatoms. The molecule has 1 aromatic heterocycles. The Kier molecular flexibility index (Phi) is 5.15. The summed E-state index contributed by atoms with van der Waals surface area (Å²) in [5.74, 6) is 0.924. The maximum absolute atomic E-state index is 4.31. The molecule has 1 N–H and O–H groups in total. The van der Waals surface area contributed by atoms with E-state index in [4.69, 9.17) is 0 Å². The lowest BCUT2D eigenvalue weighted by molar-refractivity contribution is 0.191. The van der Waals surface area contributed by atoms with Crippen LogP contribution < -0.4 is 5.32 Å². The molecule has 2 rings (SSSR count). The number of hydrogen-bond donors (Lipinski definition) is 1. The van der Waals surface area contributed by atoms with Gasteiger partial charge in [0.15, 0.2) is 0 Å². The van der Waals surface area contributed by atoms with Crippen LogP contribution in [0.2, 0.25) is 0 Å². The van der Waals surface area contributed by atoms with Crippen LogP contribution >= 0.6 is 11.3 Å². The average Bonchev–Trinajstić information content (AvgIpc) is 2.78. The minimum absolute atomic E-state index is 0.432. The minimum atomic E-state index is 0.432. The standard InChI is InChI=1S/C14H25N3S/c1-11-4-7-17(8-5-11)9-6-15-12(2)14-13(3)16-10-18-14/h10-12,15H,4-9H2,1-3H3. The van der Waals surface area contributed by atoms with Gasteiger partial charge < -0.3 is 10.2 Å². The van der Waals surface area contributed by atoms with Gasteiger partial charge >= 0.3 is 0 Å². The number of aryl methyl sites for hydroxylation is 1. The van der Waals surface area contributed by atoms with Crippen molar-refractivity contribution in [2.45, 2.75) is 39.7 Å². The largest absolute Gasteiger partial charge is 0.308 e. The van der Waals surface area contributed by atoms with Crippen molar-refractivity contribution in [1.82, 2.24) is 15.2 Å². The smallest absolute Gasteiger partial charge is 0.0798 e. The number of aromatic nitrogens is 1. The summed E-state index contributed by atoms with van der Waals surface area (Å²) >= 11 is 1.76. The number of nitrogens with one attached hydrogen (secondary N) is 1.